The average molecular weight is 324 g/mol. The van der Waals surface area contributed by atoms with Crippen LogP contribution in [0.5, 0.6) is 0 Å². The molecule has 1 saturated heterocycles. The van der Waals surface area contributed by atoms with Gasteiger partial charge in [0, 0.05) is 31.1 Å². The molecule has 1 unspecified atom stereocenters. The summed E-state index contributed by atoms with van der Waals surface area (Å²) in [7, 11) is 0. The van der Waals surface area contributed by atoms with Crippen molar-refractivity contribution in [2.75, 3.05) is 6.54 Å². The number of carbonyl (C=O) groups is 2. The summed E-state index contributed by atoms with van der Waals surface area (Å²) in [6.07, 6.45) is 2.67. The molecular weight excluding hydrogens is 304 g/mol. The monoisotopic (exact) mass is 324 g/mol. The number of rotatable bonds is 5. The van der Waals surface area contributed by atoms with Crippen LogP contribution in [-0.4, -0.2) is 39.5 Å². The molecule has 4 rings (SSSR count). The van der Waals surface area contributed by atoms with E-state index in [0.29, 0.717) is 31.1 Å². The Hall–Kier alpha value is -2.63. The highest BCUT2D eigenvalue weighted by molar-refractivity contribution is 5.93. The number of nitrogens with one attached hydrogen (secondary N) is 2. The van der Waals surface area contributed by atoms with E-state index >= 15 is 0 Å². The molecule has 1 aromatic heterocycles. The molecule has 1 atom stereocenters. The number of likely N-dealkylation sites (tertiary alicyclic amines) is 1. The quantitative estimate of drug-likeness (QED) is 0.880. The topological polar surface area (TPSA) is 78.1 Å². The molecule has 6 nitrogen and oxygen atoms in total. The van der Waals surface area contributed by atoms with Crippen LogP contribution >= 0.6 is 0 Å². The molecule has 1 aromatic carbocycles. The minimum absolute atomic E-state index is 0.0739. The first-order valence-electron chi connectivity index (χ1n) is 8.37. The molecule has 2 amide bonds. The molecule has 0 spiro atoms. The number of benzene rings is 1. The number of aromatic nitrogens is 2. The van der Waals surface area contributed by atoms with Gasteiger partial charge in [-0.1, -0.05) is 30.3 Å². The van der Waals surface area contributed by atoms with Gasteiger partial charge in [0.15, 0.2) is 0 Å². The predicted octanol–water partition coefficient (Wildman–Crippen LogP) is 1.82. The molecule has 124 valence electrons. The first kappa shape index (κ1) is 14.9. The highest BCUT2D eigenvalue weighted by atomic mass is 16.2. The van der Waals surface area contributed by atoms with Gasteiger partial charge in [-0.3, -0.25) is 14.7 Å². The number of carbonyl (C=O) groups excluding carboxylic acids is 2. The van der Waals surface area contributed by atoms with Gasteiger partial charge in [0.2, 0.25) is 5.91 Å². The second-order valence-corrected chi connectivity index (χ2v) is 6.62. The number of hydrogen-bond donors (Lipinski definition) is 2. The van der Waals surface area contributed by atoms with Gasteiger partial charge in [0.1, 0.15) is 5.69 Å². The molecule has 1 aliphatic carbocycles. The van der Waals surface area contributed by atoms with Crippen molar-refractivity contribution in [3.05, 3.63) is 53.3 Å². The highest BCUT2D eigenvalue weighted by Crippen LogP contribution is 2.38. The summed E-state index contributed by atoms with van der Waals surface area (Å²) in [5.41, 5.74) is 2.54. The van der Waals surface area contributed by atoms with E-state index in [1.54, 1.807) is 4.90 Å². The Morgan fingerprint density at radius 3 is 2.83 bits per heavy atom. The fraction of sp³-hybridized carbons (Fsp3) is 0.389. The minimum atomic E-state index is -0.211. The molecule has 1 saturated carbocycles. The Kier molecular flexibility index (Phi) is 3.80. The molecule has 2 aromatic rings. The van der Waals surface area contributed by atoms with E-state index in [9.17, 15) is 9.59 Å². The van der Waals surface area contributed by atoms with Crippen molar-refractivity contribution >= 4 is 11.8 Å². The van der Waals surface area contributed by atoms with Crippen molar-refractivity contribution in [3.63, 3.8) is 0 Å². The van der Waals surface area contributed by atoms with Crippen molar-refractivity contribution in [1.29, 1.82) is 0 Å². The van der Waals surface area contributed by atoms with E-state index in [1.165, 1.54) is 0 Å². The first-order valence-corrected chi connectivity index (χ1v) is 8.37. The molecule has 0 radical (unpaired) electrons. The zero-order valence-corrected chi connectivity index (χ0v) is 13.4. The van der Waals surface area contributed by atoms with Crippen LogP contribution in [0.4, 0.5) is 0 Å². The molecule has 2 heterocycles. The second-order valence-electron chi connectivity index (χ2n) is 6.62. The maximum absolute atomic E-state index is 12.3. The van der Waals surface area contributed by atoms with Crippen molar-refractivity contribution < 1.29 is 9.59 Å². The summed E-state index contributed by atoms with van der Waals surface area (Å²) in [6.45, 7) is 1.12. The summed E-state index contributed by atoms with van der Waals surface area (Å²) >= 11 is 0. The van der Waals surface area contributed by atoms with Crippen molar-refractivity contribution in [2.24, 2.45) is 0 Å². The van der Waals surface area contributed by atoms with E-state index in [0.717, 1.165) is 24.1 Å². The molecule has 24 heavy (non-hydrogen) atoms. The molecule has 1 aliphatic heterocycles. The van der Waals surface area contributed by atoms with Crippen LogP contribution < -0.4 is 5.32 Å². The summed E-state index contributed by atoms with van der Waals surface area (Å²) in [5.74, 6) is 0.399. The van der Waals surface area contributed by atoms with Crippen LogP contribution in [0.25, 0.3) is 0 Å². The maximum Gasteiger partial charge on any atom is 0.272 e. The molecular formula is C18H20N4O2. The maximum atomic E-state index is 12.3. The lowest BCUT2D eigenvalue weighted by Gasteiger charge is -2.17. The Labute approximate surface area is 140 Å². The molecule has 2 aliphatic rings. The zero-order valence-electron chi connectivity index (χ0n) is 13.4. The first-order chi connectivity index (χ1) is 11.7. The van der Waals surface area contributed by atoms with Crippen LogP contribution in [-0.2, 0) is 11.3 Å². The minimum Gasteiger partial charge on any atom is -0.346 e. The molecule has 2 N–H and O–H groups in total. The number of hydrogen-bond acceptors (Lipinski definition) is 3. The van der Waals surface area contributed by atoms with Gasteiger partial charge < -0.3 is 10.2 Å². The van der Waals surface area contributed by atoms with Gasteiger partial charge in [-0.15, -0.1) is 0 Å². The van der Waals surface area contributed by atoms with Crippen molar-refractivity contribution in [2.45, 2.75) is 37.8 Å². The van der Waals surface area contributed by atoms with E-state index in [-0.39, 0.29) is 17.9 Å². The van der Waals surface area contributed by atoms with Crippen LogP contribution in [0.2, 0.25) is 0 Å². The number of amides is 2. The van der Waals surface area contributed by atoms with Gasteiger partial charge in [0.05, 0.1) is 6.04 Å². The smallest absolute Gasteiger partial charge is 0.272 e. The van der Waals surface area contributed by atoms with Crippen LogP contribution in [0.1, 0.15) is 46.9 Å². The summed E-state index contributed by atoms with van der Waals surface area (Å²) in [6, 6.07) is 11.6. The van der Waals surface area contributed by atoms with Gasteiger partial charge in [-0.2, -0.15) is 5.10 Å². The summed E-state index contributed by atoms with van der Waals surface area (Å²) < 4.78 is 0. The lowest BCUT2D eigenvalue weighted by molar-refractivity contribution is -0.128. The standard InChI is InChI=1S/C18H20N4O2/c23-17-8-14(11-22(17)10-12-4-2-1-3-5-12)19-18(24)16-9-15(20-21-16)13-6-7-13/h1-5,9,13-14H,6-8,10-11H2,(H,19,24)(H,20,21). The van der Waals surface area contributed by atoms with Crippen LogP contribution in [0.15, 0.2) is 36.4 Å². The third kappa shape index (κ3) is 3.18. The largest absolute Gasteiger partial charge is 0.346 e. The molecule has 6 heteroatoms. The van der Waals surface area contributed by atoms with Crippen molar-refractivity contribution in [1.82, 2.24) is 20.4 Å². The van der Waals surface area contributed by atoms with Crippen LogP contribution in [0, 0.1) is 0 Å². The number of H-pyrrole nitrogens is 1. The second kappa shape index (κ2) is 6.11. The Morgan fingerprint density at radius 1 is 1.29 bits per heavy atom. The fourth-order valence-electron chi connectivity index (χ4n) is 3.14. The average Bonchev–Trinajstić information content (AvgIpc) is 3.21. The van der Waals surface area contributed by atoms with Crippen LogP contribution in [0.3, 0.4) is 0 Å². The van der Waals surface area contributed by atoms with E-state index in [2.05, 4.69) is 15.5 Å². The molecule has 2 fully saturated rings. The summed E-state index contributed by atoms with van der Waals surface area (Å²) in [5, 5.41) is 9.96. The van der Waals surface area contributed by atoms with Gasteiger partial charge in [-0.25, -0.2) is 0 Å². The Morgan fingerprint density at radius 2 is 2.08 bits per heavy atom. The van der Waals surface area contributed by atoms with E-state index in [1.807, 2.05) is 36.4 Å². The van der Waals surface area contributed by atoms with E-state index < -0.39 is 0 Å². The SMILES string of the molecule is O=C(NC1CC(=O)N(Cc2ccccc2)C1)c1cc(C2CC2)[nH]n1. The number of nitrogens with zero attached hydrogens (tertiary/aromatic N) is 2. The third-order valence-corrected chi connectivity index (χ3v) is 4.61. The van der Waals surface area contributed by atoms with Crippen molar-refractivity contribution in [3.8, 4) is 0 Å². The lowest BCUT2D eigenvalue weighted by atomic mass is 10.2. The van der Waals surface area contributed by atoms with E-state index in [4.69, 9.17) is 0 Å². The third-order valence-electron chi connectivity index (χ3n) is 4.61. The molecule has 0 bridgehead atoms. The zero-order chi connectivity index (χ0) is 16.5. The van der Waals surface area contributed by atoms with Gasteiger partial charge >= 0.3 is 0 Å². The van der Waals surface area contributed by atoms with Gasteiger partial charge in [0.25, 0.3) is 5.91 Å². The Bertz CT molecular complexity index is 751. The Balaban J connectivity index is 1.35. The van der Waals surface area contributed by atoms with Gasteiger partial charge in [-0.05, 0) is 24.5 Å². The normalized spacial score (nSPS) is 20.4. The number of aromatic amines is 1. The fourth-order valence-corrected chi connectivity index (χ4v) is 3.14. The predicted molar refractivity (Wildman–Crippen MR) is 88.3 cm³/mol. The lowest BCUT2D eigenvalue weighted by Crippen LogP contribution is -2.37. The summed E-state index contributed by atoms with van der Waals surface area (Å²) in [4.78, 5) is 26.3. The highest BCUT2D eigenvalue weighted by Gasteiger charge is 2.32.